The van der Waals surface area contributed by atoms with Crippen molar-refractivity contribution in [2.75, 3.05) is 7.11 Å². The number of methoxy groups -OCH3 is 1. The first-order chi connectivity index (χ1) is 16.0. The van der Waals surface area contributed by atoms with Gasteiger partial charge in [0.25, 0.3) is 11.8 Å². The van der Waals surface area contributed by atoms with Crippen molar-refractivity contribution in [3.8, 4) is 11.5 Å². The number of rotatable bonds is 6. The molecule has 2 heterocycles. The van der Waals surface area contributed by atoms with Crippen LogP contribution in [0, 0.1) is 0 Å². The van der Waals surface area contributed by atoms with Crippen molar-refractivity contribution in [3.05, 3.63) is 87.6 Å². The molecule has 0 unspecified atom stereocenters. The average Bonchev–Trinajstić information content (AvgIpc) is 3.36. The van der Waals surface area contributed by atoms with Crippen LogP contribution in [0.15, 0.2) is 71.6 Å². The van der Waals surface area contributed by atoms with Gasteiger partial charge in [0.15, 0.2) is 11.5 Å². The number of nitrogens with zero attached hydrogens (tertiary/aromatic N) is 1. The maximum Gasteiger partial charge on any atom is 0.353 e. The Kier molecular flexibility index (Phi) is 6.32. The molecule has 0 saturated carbocycles. The Morgan fingerprint density at radius 2 is 1.82 bits per heavy atom. The lowest BCUT2D eigenvalue weighted by molar-refractivity contribution is -0.130. The highest BCUT2D eigenvalue weighted by Crippen LogP contribution is 2.30. The van der Waals surface area contributed by atoms with Crippen molar-refractivity contribution in [3.63, 3.8) is 0 Å². The standard InChI is InChI=1S/C24H18N2O6S/c1-31-19-13-16(9-10-18(19)32-23(29)20-8-5-11-33-20)12-17-21(27)25-24(30)26(22(17)28)14-15-6-3-2-4-7-15/h2-13H,14H2,1H3,(H,25,27,30)/b17-12-. The number of ether oxygens (including phenoxy) is 2. The van der Waals surface area contributed by atoms with E-state index in [1.54, 1.807) is 47.8 Å². The predicted molar refractivity (Wildman–Crippen MR) is 121 cm³/mol. The summed E-state index contributed by atoms with van der Waals surface area (Å²) < 4.78 is 10.7. The van der Waals surface area contributed by atoms with Gasteiger partial charge < -0.3 is 9.47 Å². The molecule has 8 nitrogen and oxygen atoms in total. The molecule has 0 spiro atoms. The summed E-state index contributed by atoms with van der Waals surface area (Å²) in [7, 11) is 1.41. The molecule has 0 bridgehead atoms. The molecular weight excluding hydrogens is 444 g/mol. The molecule has 2 aromatic carbocycles. The van der Waals surface area contributed by atoms with Crippen molar-refractivity contribution >= 4 is 41.2 Å². The number of hydrogen-bond acceptors (Lipinski definition) is 7. The fraction of sp³-hybridized carbons (Fsp3) is 0.0833. The highest BCUT2D eigenvalue weighted by molar-refractivity contribution is 7.12. The van der Waals surface area contributed by atoms with Gasteiger partial charge in [0.05, 0.1) is 13.7 Å². The molecule has 1 aliphatic heterocycles. The Labute approximate surface area is 193 Å². The summed E-state index contributed by atoms with van der Waals surface area (Å²) in [5.74, 6) is -1.58. The van der Waals surface area contributed by atoms with Gasteiger partial charge in [0, 0.05) is 0 Å². The average molecular weight is 462 g/mol. The van der Waals surface area contributed by atoms with Gasteiger partial charge in [-0.2, -0.15) is 0 Å². The molecule has 1 aromatic heterocycles. The third-order valence-corrected chi connectivity index (χ3v) is 5.64. The maximum absolute atomic E-state index is 12.9. The number of nitrogens with one attached hydrogen (secondary N) is 1. The number of urea groups is 1. The summed E-state index contributed by atoms with van der Waals surface area (Å²) in [5, 5.41) is 3.96. The smallest absolute Gasteiger partial charge is 0.353 e. The Balaban J connectivity index is 1.58. The monoisotopic (exact) mass is 462 g/mol. The molecule has 0 atom stereocenters. The number of amides is 4. The molecular formula is C24H18N2O6S. The van der Waals surface area contributed by atoms with E-state index in [1.807, 2.05) is 6.07 Å². The Morgan fingerprint density at radius 1 is 1.03 bits per heavy atom. The van der Waals surface area contributed by atoms with E-state index in [2.05, 4.69) is 5.32 Å². The van der Waals surface area contributed by atoms with Crippen LogP contribution in [0.3, 0.4) is 0 Å². The normalized spacial score (nSPS) is 14.9. The van der Waals surface area contributed by atoms with Crippen LogP contribution in [0.2, 0.25) is 0 Å². The molecule has 1 saturated heterocycles. The number of barbiturate groups is 1. The zero-order chi connectivity index (χ0) is 23.4. The Morgan fingerprint density at radius 3 is 2.52 bits per heavy atom. The SMILES string of the molecule is COc1cc(/C=C2/C(=O)NC(=O)N(Cc3ccccc3)C2=O)ccc1OC(=O)c1cccs1. The Hall–Kier alpha value is -4.24. The van der Waals surface area contributed by atoms with E-state index in [0.717, 1.165) is 10.5 Å². The summed E-state index contributed by atoms with van der Waals surface area (Å²) in [6, 6.07) is 16.2. The molecule has 0 radical (unpaired) electrons. The number of esters is 1. The lowest BCUT2D eigenvalue weighted by Gasteiger charge is -2.26. The maximum atomic E-state index is 12.9. The van der Waals surface area contributed by atoms with Gasteiger partial charge in [0.1, 0.15) is 10.5 Å². The van der Waals surface area contributed by atoms with E-state index in [4.69, 9.17) is 9.47 Å². The second kappa shape index (κ2) is 9.49. The van der Waals surface area contributed by atoms with Crippen LogP contribution < -0.4 is 14.8 Å². The van der Waals surface area contributed by atoms with Crippen LogP contribution >= 0.6 is 11.3 Å². The van der Waals surface area contributed by atoms with Gasteiger partial charge in [-0.3, -0.25) is 19.8 Å². The van der Waals surface area contributed by atoms with Crippen LogP contribution in [-0.4, -0.2) is 35.8 Å². The van der Waals surface area contributed by atoms with Crippen molar-refractivity contribution in [2.24, 2.45) is 0 Å². The molecule has 1 fully saturated rings. The molecule has 0 aliphatic carbocycles. The predicted octanol–water partition coefficient (Wildman–Crippen LogP) is 3.64. The number of thiophene rings is 1. The second-order valence-electron chi connectivity index (χ2n) is 6.97. The van der Waals surface area contributed by atoms with E-state index in [1.165, 1.54) is 36.7 Å². The highest BCUT2D eigenvalue weighted by Gasteiger charge is 2.35. The van der Waals surface area contributed by atoms with E-state index in [9.17, 15) is 19.2 Å². The quantitative estimate of drug-likeness (QED) is 0.260. The fourth-order valence-corrected chi connectivity index (χ4v) is 3.77. The Bertz CT molecular complexity index is 1250. The second-order valence-corrected chi connectivity index (χ2v) is 7.92. The van der Waals surface area contributed by atoms with E-state index in [0.29, 0.717) is 10.4 Å². The first-order valence-electron chi connectivity index (χ1n) is 9.83. The van der Waals surface area contributed by atoms with Gasteiger partial charge in [0.2, 0.25) is 0 Å². The van der Waals surface area contributed by atoms with Crippen LogP contribution in [0.1, 0.15) is 20.8 Å². The van der Waals surface area contributed by atoms with Crippen LogP contribution in [-0.2, 0) is 16.1 Å². The molecule has 1 aliphatic rings. The molecule has 1 N–H and O–H groups in total. The lowest BCUT2D eigenvalue weighted by atomic mass is 10.1. The van der Waals surface area contributed by atoms with Crippen LogP contribution in [0.4, 0.5) is 4.79 Å². The van der Waals surface area contributed by atoms with Crippen molar-refractivity contribution in [2.45, 2.75) is 6.54 Å². The van der Waals surface area contributed by atoms with Crippen molar-refractivity contribution < 1.29 is 28.7 Å². The topological polar surface area (TPSA) is 102 Å². The number of carbonyl (C=O) groups excluding carboxylic acids is 4. The van der Waals surface area contributed by atoms with E-state index >= 15 is 0 Å². The lowest BCUT2D eigenvalue weighted by Crippen LogP contribution is -2.53. The minimum Gasteiger partial charge on any atom is -0.493 e. The summed E-state index contributed by atoms with van der Waals surface area (Å²) in [6.07, 6.45) is 1.36. The van der Waals surface area contributed by atoms with Crippen LogP contribution in [0.25, 0.3) is 6.08 Å². The van der Waals surface area contributed by atoms with Gasteiger partial charge >= 0.3 is 12.0 Å². The summed E-state index contributed by atoms with van der Waals surface area (Å²) in [4.78, 5) is 51.2. The summed E-state index contributed by atoms with van der Waals surface area (Å²) in [6.45, 7) is 0.0249. The highest BCUT2D eigenvalue weighted by atomic mass is 32.1. The van der Waals surface area contributed by atoms with Crippen LogP contribution in [0.5, 0.6) is 11.5 Å². The molecule has 33 heavy (non-hydrogen) atoms. The number of hydrogen-bond donors (Lipinski definition) is 1. The van der Waals surface area contributed by atoms with E-state index < -0.39 is 23.8 Å². The minimum atomic E-state index is -0.790. The van der Waals surface area contributed by atoms with Gasteiger partial charge in [-0.05, 0) is 40.8 Å². The first kappa shape index (κ1) is 22.0. The number of benzene rings is 2. The molecule has 166 valence electrons. The van der Waals surface area contributed by atoms with Gasteiger partial charge in [-0.1, -0.05) is 42.5 Å². The molecule has 4 amide bonds. The molecule has 9 heteroatoms. The van der Waals surface area contributed by atoms with Crippen molar-refractivity contribution in [1.82, 2.24) is 10.2 Å². The summed E-state index contributed by atoms with van der Waals surface area (Å²) in [5.41, 5.74) is 1.000. The summed E-state index contributed by atoms with van der Waals surface area (Å²) >= 11 is 1.25. The molecule has 3 aromatic rings. The largest absolute Gasteiger partial charge is 0.493 e. The van der Waals surface area contributed by atoms with Gasteiger partial charge in [-0.25, -0.2) is 9.59 Å². The number of imide groups is 2. The van der Waals surface area contributed by atoms with E-state index in [-0.39, 0.29) is 23.6 Å². The third-order valence-electron chi connectivity index (χ3n) is 4.79. The zero-order valence-electron chi connectivity index (χ0n) is 17.4. The first-order valence-corrected chi connectivity index (χ1v) is 10.7. The molecule has 4 rings (SSSR count). The zero-order valence-corrected chi connectivity index (χ0v) is 18.3. The van der Waals surface area contributed by atoms with Crippen molar-refractivity contribution in [1.29, 1.82) is 0 Å². The minimum absolute atomic E-state index is 0.0249. The third kappa shape index (κ3) is 4.83. The van der Waals surface area contributed by atoms with Gasteiger partial charge in [-0.15, -0.1) is 11.3 Å². The fourth-order valence-electron chi connectivity index (χ4n) is 3.17. The number of carbonyl (C=O) groups is 4.